The number of carbonyl (C=O) groups is 1. The van der Waals surface area contributed by atoms with Gasteiger partial charge in [-0.15, -0.1) is 0 Å². The summed E-state index contributed by atoms with van der Waals surface area (Å²) < 4.78 is 38.1. The highest BCUT2D eigenvalue weighted by atomic mass is 19.4. The van der Waals surface area contributed by atoms with Gasteiger partial charge < -0.3 is 4.90 Å². The molecule has 1 rings (SSSR count). The number of nitrogens with zero attached hydrogens (tertiary/aromatic N) is 3. The summed E-state index contributed by atoms with van der Waals surface area (Å²) in [4.78, 5) is 12.3. The fraction of sp³-hybridized carbons (Fsp3) is 0.600. The molecule has 0 aliphatic heterocycles. The molecular formula is C10H14F3N3O. The largest absolute Gasteiger partial charge is 0.405 e. The number of Topliss-reactive ketones (excluding diaryl/α,β-unsaturated/α-hetero) is 1. The lowest BCUT2D eigenvalue weighted by Crippen LogP contribution is -2.32. The predicted octanol–water partition coefficient (Wildman–Crippen LogP) is 1.93. The molecule has 0 saturated heterocycles. The molecule has 0 radical (unpaired) electrons. The number of ketones is 1. The van der Waals surface area contributed by atoms with Crippen LogP contribution < -0.4 is 4.90 Å². The molecule has 0 atom stereocenters. The van der Waals surface area contributed by atoms with Crippen molar-refractivity contribution in [3.63, 3.8) is 0 Å². The second-order valence-corrected chi connectivity index (χ2v) is 3.95. The van der Waals surface area contributed by atoms with E-state index in [0.717, 1.165) is 4.90 Å². The zero-order chi connectivity index (χ0) is 13.4. The molecule has 0 unspecified atom stereocenters. The highest BCUT2D eigenvalue weighted by molar-refractivity contribution is 5.94. The maximum atomic E-state index is 12.3. The molecule has 0 N–H and O–H groups in total. The minimum atomic E-state index is -4.29. The molecule has 0 aliphatic rings. The van der Waals surface area contributed by atoms with E-state index >= 15 is 0 Å². The number of hydrogen-bond donors (Lipinski definition) is 0. The van der Waals surface area contributed by atoms with E-state index in [-0.39, 0.29) is 11.5 Å². The molecule has 0 bridgehead atoms. The van der Waals surface area contributed by atoms with E-state index < -0.39 is 12.7 Å². The highest BCUT2D eigenvalue weighted by Gasteiger charge is 2.31. The third-order valence-corrected chi connectivity index (χ3v) is 2.36. The van der Waals surface area contributed by atoms with Gasteiger partial charge in [-0.3, -0.25) is 9.48 Å². The van der Waals surface area contributed by atoms with Gasteiger partial charge in [0.1, 0.15) is 18.1 Å². The molecule has 0 spiro atoms. The first-order valence-electron chi connectivity index (χ1n) is 4.96. The maximum absolute atomic E-state index is 12.3. The Kier molecular flexibility index (Phi) is 3.49. The van der Waals surface area contributed by atoms with E-state index in [0.29, 0.717) is 11.4 Å². The SMILES string of the molecule is CC(=O)c1nn(C)c(N(C)CC(F)(F)F)c1C. The third-order valence-electron chi connectivity index (χ3n) is 2.36. The van der Waals surface area contributed by atoms with Gasteiger partial charge in [-0.1, -0.05) is 0 Å². The second-order valence-electron chi connectivity index (χ2n) is 3.95. The molecule has 0 saturated carbocycles. The van der Waals surface area contributed by atoms with E-state index in [1.165, 1.54) is 25.7 Å². The van der Waals surface area contributed by atoms with Gasteiger partial charge in [0.2, 0.25) is 0 Å². The Morgan fingerprint density at radius 2 is 2.00 bits per heavy atom. The van der Waals surface area contributed by atoms with Crippen molar-refractivity contribution in [3.8, 4) is 0 Å². The molecule has 0 aliphatic carbocycles. The lowest BCUT2D eigenvalue weighted by atomic mass is 10.2. The Labute approximate surface area is 97.0 Å². The summed E-state index contributed by atoms with van der Waals surface area (Å²) in [5.41, 5.74) is 0.670. The van der Waals surface area contributed by atoms with Crippen molar-refractivity contribution in [1.82, 2.24) is 9.78 Å². The Hall–Kier alpha value is -1.53. The molecule has 1 aromatic rings. The van der Waals surface area contributed by atoms with Gasteiger partial charge in [0, 0.05) is 26.6 Å². The Bertz CT molecular complexity index is 437. The number of hydrogen-bond acceptors (Lipinski definition) is 3. The third kappa shape index (κ3) is 2.98. The number of rotatable bonds is 3. The van der Waals surface area contributed by atoms with Crippen molar-refractivity contribution in [3.05, 3.63) is 11.3 Å². The van der Waals surface area contributed by atoms with Gasteiger partial charge in [0.05, 0.1) is 0 Å². The van der Waals surface area contributed by atoms with Crippen LogP contribution in [0, 0.1) is 6.92 Å². The van der Waals surface area contributed by atoms with Crippen LogP contribution >= 0.6 is 0 Å². The van der Waals surface area contributed by atoms with Crippen molar-refractivity contribution in [2.24, 2.45) is 7.05 Å². The van der Waals surface area contributed by atoms with Crippen LogP contribution in [0.15, 0.2) is 0 Å². The van der Waals surface area contributed by atoms with Crippen LogP contribution in [0.5, 0.6) is 0 Å². The van der Waals surface area contributed by atoms with Crippen molar-refractivity contribution >= 4 is 11.6 Å². The van der Waals surface area contributed by atoms with Crippen LogP contribution in [0.4, 0.5) is 19.0 Å². The molecule has 4 nitrogen and oxygen atoms in total. The average molecular weight is 249 g/mol. The number of anilines is 1. The van der Waals surface area contributed by atoms with E-state index in [2.05, 4.69) is 5.10 Å². The molecule has 0 fully saturated rings. The molecule has 1 aromatic heterocycles. The Morgan fingerprint density at radius 1 is 1.47 bits per heavy atom. The molecule has 7 heteroatoms. The van der Waals surface area contributed by atoms with Gasteiger partial charge in [-0.05, 0) is 6.92 Å². The zero-order valence-corrected chi connectivity index (χ0v) is 10.1. The van der Waals surface area contributed by atoms with E-state index in [1.807, 2.05) is 0 Å². The van der Waals surface area contributed by atoms with Crippen molar-refractivity contribution in [2.75, 3.05) is 18.5 Å². The van der Waals surface area contributed by atoms with Crippen LogP contribution in [0.3, 0.4) is 0 Å². The summed E-state index contributed by atoms with van der Waals surface area (Å²) in [6.45, 7) is 1.85. The van der Waals surface area contributed by atoms with Crippen molar-refractivity contribution < 1.29 is 18.0 Å². The fourth-order valence-corrected chi connectivity index (χ4v) is 1.83. The van der Waals surface area contributed by atoms with Gasteiger partial charge in [-0.25, -0.2) is 0 Å². The molecule has 1 heterocycles. The zero-order valence-electron chi connectivity index (χ0n) is 10.1. The number of aromatic nitrogens is 2. The average Bonchev–Trinajstić information content (AvgIpc) is 2.38. The summed E-state index contributed by atoms with van der Waals surface area (Å²) in [6.07, 6.45) is -4.29. The topological polar surface area (TPSA) is 38.1 Å². The quantitative estimate of drug-likeness (QED) is 0.768. The Balaban J connectivity index is 3.10. The van der Waals surface area contributed by atoms with E-state index in [9.17, 15) is 18.0 Å². The highest BCUT2D eigenvalue weighted by Crippen LogP contribution is 2.25. The van der Waals surface area contributed by atoms with Crippen LogP contribution in [0.25, 0.3) is 0 Å². The van der Waals surface area contributed by atoms with Crippen LogP contribution in [0.2, 0.25) is 0 Å². The van der Waals surface area contributed by atoms with Crippen LogP contribution in [0.1, 0.15) is 23.0 Å². The first-order valence-corrected chi connectivity index (χ1v) is 4.96. The summed E-state index contributed by atoms with van der Waals surface area (Å²) in [5, 5.41) is 3.92. The summed E-state index contributed by atoms with van der Waals surface area (Å²) in [5.74, 6) is 0.0392. The van der Waals surface area contributed by atoms with Crippen LogP contribution in [-0.2, 0) is 7.05 Å². The maximum Gasteiger partial charge on any atom is 0.405 e. The van der Waals surface area contributed by atoms with Gasteiger partial charge in [0.15, 0.2) is 5.78 Å². The first kappa shape index (κ1) is 13.5. The minimum absolute atomic E-state index is 0.205. The number of carbonyl (C=O) groups excluding carboxylic acids is 1. The summed E-state index contributed by atoms with van der Waals surface area (Å²) >= 11 is 0. The predicted molar refractivity (Wildman–Crippen MR) is 57.3 cm³/mol. The molecular weight excluding hydrogens is 235 g/mol. The van der Waals surface area contributed by atoms with Gasteiger partial charge in [0.25, 0.3) is 0 Å². The smallest absolute Gasteiger partial charge is 0.351 e. The fourth-order valence-electron chi connectivity index (χ4n) is 1.83. The monoisotopic (exact) mass is 249 g/mol. The van der Waals surface area contributed by atoms with Gasteiger partial charge in [-0.2, -0.15) is 18.3 Å². The number of alkyl halides is 3. The molecule has 0 aromatic carbocycles. The second kappa shape index (κ2) is 4.38. The lowest BCUT2D eigenvalue weighted by Gasteiger charge is -2.21. The van der Waals surface area contributed by atoms with Gasteiger partial charge >= 0.3 is 6.18 Å². The standard InChI is InChI=1S/C10H14F3N3O/c1-6-8(7(2)17)14-16(4)9(6)15(3)5-10(11,12)13/h5H2,1-4H3. The molecule has 17 heavy (non-hydrogen) atoms. The summed E-state index contributed by atoms with van der Waals surface area (Å²) in [7, 11) is 2.84. The van der Waals surface area contributed by atoms with Crippen molar-refractivity contribution in [2.45, 2.75) is 20.0 Å². The Morgan fingerprint density at radius 3 is 2.35 bits per heavy atom. The first-order chi connectivity index (χ1) is 7.63. The molecule has 0 amide bonds. The normalized spacial score (nSPS) is 11.7. The molecule has 96 valence electrons. The van der Waals surface area contributed by atoms with E-state index in [4.69, 9.17) is 0 Å². The minimum Gasteiger partial charge on any atom is -0.351 e. The lowest BCUT2D eigenvalue weighted by molar-refractivity contribution is -0.119. The van der Waals surface area contributed by atoms with Crippen molar-refractivity contribution in [1.29, 1.82) is 0 Å². The number of aryl methyl sites for hydroxylation is 1. The van der Waals surface area contributed by atoms with E-state index in [1.54, 1.807) is 6.92 Å². The number of halogens is 3. The summed E-state index contributed by atoms with van der Waals surface area (Å²) in [6, 6.07) is 0. The van der Waals surface area contributed by atoms with Crippen LogP contribution in [-0.4, -0.2) is 35.3 Å².